The third kappa shape index (κ3) is 3.28. The Morgan fingerprint density at radius 1 is 1.00 bits per heavy atom. The van der Waals surface area contributed by atoms with Gasteiger partial charge in [-0.3, -0.25) is 4.79 Å². The Labute approximate surface area is 149 Å². The third-order valence-electron chi connectivity index (χ3n) is 3.87. The number of carbonyl (C=O) groups excluding carboxylic acids is 1. The molecule has 1 aliphatic heterocycles. The van der Waals surface area contributed by atoms with Crippen LogP contribution >= 0.6 is 23.5 Å². The van der Waals surface area contributed by atoms with Crippen LogP contribution in [-0.2, 0) is 0 Å². The summed E-state index contributed by atoms with van der Waals surface area (Å²) < 4.78 is 0.473. The minimum absolute atomic E-state index is 0.176. The van der Waals surface area contributed by atoms with Gasteiger partial charge in [0.25, 0.3) is 5.91 Å². The molecule has 1 fully saturated rings. The molecule has 3 aromatic rings. The second-order valence-electron chi connectivity index (χ2n) is 5.54. The maximum Gasteiger partial charge on any atom is 0.274 e. The normalized spacial score (nSPS) is 14.8. The fourth-order valence-corrected chi connectivity index (χ4v) is 5.54. The van der Waals surface area contributed by atoms with Gasteiger partial charge in [0.1, 0.15) is 5.69 Å². The number of fused-ring (bicyclic) bond motifs is 1. The van der Waals surface area contributed by atoms with Crippen molar-refractivity contribution in [3.8, 4) is 0 Å². The molecule has 4 rings (SSSR count). The molecule has 0 radical (unpaired) electrons. The van der Waals surface area contributed by atoms with Crippen LogP contribution in [0.1, 0.15) is 20.6 Å². The van der Waals surface area contributed by atoms with E-state index < -0.39 is 0 Å². The van der Waals surface area contributed by atoms with Crippen LogP contribution in [0.5, 0.6) is 0 Å². The van der Waals surface area contributed by atoms with E-state index in [4.69, 9.17) is 0 Å². The predicted octanol–water partition coefficient (Wildman–Crippen LogP) is 4.97. The largest absolute Gasteiger partial charge is 0.321 e. The van der Waals surface area contributed by atoms with Crippen molar-refractivity contribution >= 4 is 46.0 Å². The number of pyridine rings is 1. The van der Waals surface area contributed by atoms with Gasteiger partial charge in [0.2, 0.25) is 0 Å². The van der Waals surface area contributed by atoms with Crippen molar-refractivity contribution < 1.29 is 4.79 Å². The summed E-state index contributed by atoms with van der Waals surface area (Å²) in [6.45, 7) is 0. The number of hydrogen-bond acceptors (Lipinski definition) is 4. The summed E-state index contributed by atoms with van der Waals surface area (Å²) in [6, 6.07) is 19.6. The van der Waals surface area contributed by atoms with E-state index in [1.165, 1.54) is 17.1 Å². The highest BCUT2D eigenvalue weighted by Gasteiger charge is 2.18. The van der Waals surface area contributed by atoms with E-state index >= 15 is 0 Å². The van der Waals surface area contributed by atoms with E-state index in [1.807, 2.05) is 66.0 Å². The van der Waals surface area contributed by atoms with E-state index in [0.29, 0.717) is 10.3 Å². The smallest absolute Gasteiger partial charge is 0.274 e. The van der Waals surface area contributed by atoms with Crippen molar-refractivity contribution in [3.63, 3.8) is 0 Å². The second kappa shape index (κ2) is 6.87. The van der Waals surface area contributed by atoms with Crippen molar-refractivity contribution in [1.82, 2.24) is 4.98 Å². The van der Waals surface area contributed by atoms with Gasteiger partial charge in [0.15, 0.2) is 0 Å². The number of para-hydroxylation sites is 1. The molecule has 1 amide bonds. The fraction of sp³-hybridized carbons (Fsp3) is 0.158. The Bertz CT molecular complexity index is 891. The topological polar surface area (TPSA) is 42.0 Å². The van der Waals surface area contributed by atoms with Crippen molar-refractivity contribution in [3.05, 3.63) is 71.9 Å². The lowest BCUT2D eigenvalue weighted by Gasteiger charge is -2.11. The minimum atomic E-state index is -0.176. The van der Waals surface area contributed by atoms with Gasteiger partial charge in [0, 0.05) is 22.6 Å². The van der Waals surface area contributed by atoms with E-state index in [0.717, 1.165) is 16.6 Å². The van der Waals surface area contributed by atoms with Crippen molar-refractivity contribution in [1.29, 1.82) is 0 Å². The second-order valence-corrected chi connectivity index (χ2v) is 8.27. The molecule has 0 unspecified atom stereocenters. The first-order valence-electron chi connectivity index (χ1n) is 7.80. The van der Waals surface area contributed by atoms with Crippen LogP contribution < -0.4 is 5.32 Å². The van der Waals surface area contributed by atoms with Gasteiger partial charge in [0.05, 0.1) is 10.1 Å². The molecule has 1 N–H and O–H groups in total. The minimum Gasteiger partial charge on any atom is -0.321 e. The lowest BCUT2D eigenvalue weighted by atomic mass is 10.2. The first-order chi connectivity index (χ1) is 11.8. The van der Waals surface area contributed by atoms with Gasteiger partial charge >= 0.3 is 0 Å². The molecular formula is C19H16N2OS2. The monoisotopic (exact) mass is 352 g/mol. The van der Waals surface area contributed by atoms with Gasteiger partial charge in [-0.25, -0.2) is 4.98 Å². The van der Waals surface area contributed by atoms with Crippen LogP contribution in [0, 0.1) is 0 Å². The maximum absolute atomic E-state index is 12.5. The SMILES string of the molecule is O=C(Nc1cccc(C2SCCS2)c1)c1ccc2ccccc2n1. The Hall–Kier alpha value is -1.98. The van der Waals surface area contributed by atoms with Crippen LogP contribution in [0.15, 0.2) is 60.7 Å². The molecule has 1 saturated heterocycles. The number of rotatable bonds is 3. The van der Waals surface area contributed by atoms with E-state index in [9.17, 15) is 4.79 Å². The summed E-state index contributed by atoms with van der Waals surface area (Å²) >= 11 is 3.92. The predicted molar refractivity (Wildman–Crippen MR) is 104 cm³/mol. The van der Waals surface area contributed by atoms with Gasteiger partial charge in [-0.15, -0.1) is 23.5 Å². The quantitative estimate of drug-likeness (QED) is 0.723. The van der Waals surface area contributed by atoms with E-state index in [-0.39, 0.29) is 5.91 Å². The van der Waals surface area contributed by atoms with Crippen LogP contribution in [0.4, 0.5) is 5.69 Å². The van der Waals surface area contributed by atoms with Crippen molar-refractivity contribution in [2.75, 3.05) is 16.8 Å². The molecular weight excluding hydrogens is 336 g/mol. The number of hydrogen-bond donors (Lipinski definition) is 1. The zero-order valence-corrected chi connectivity index (χ0v) is 14.6. The summed E-state index contributed by atoms with van der Waals surface area (Å²) in [6.07, 6.45) is 0. The molecule has 3 nitrogen and oxygen atoms in total. The molecule has 24 heavy (non-hydrogen) atoms. The third-order valence-corrected chi connectivity index (χ3v) is 6.97. The number of benzene rings is 2. The summed E-state index contributed by atoms with van der Waals surface area (Å²) in [7, 11) is 0. The Morgan fingerprint density at radius 3 is 2.71 bits per heavy atom. The molecule has 1 aromatic heterocycles. The molecule has 0 aliphatic carbocycles. The van der Waals surface area contributed by atoms with Gasteiger partial charge in [-0.2, -0.15) is 0 Å². The van der Waals surface area contributed by atoms with Crippen molar-refractivity contribution in [2.45, 2.75) is 4.58 Å². The highest BCUT2D eigenvalue weighted by atomic mass is 32.2. The molecule has 120 valence electrons. The zero-order chi connectivity index (χ0) is 16.4. The van der Waals surface area contributed by atoms with Crippen LogP contribution in [0.25, 0.3) is 10.9 Å². The van der Waals surface area contributed by atoms with Crippen LogP contribution in [0.2, 0.25) is 0 Å². The first kappa shape index (κ1) is 15.5. The molecule has 2 aromatic carbocycles. The molecule has 0 bridgehead atoms. The van der Waals surface area contributed by atoms with Crippen LogP contribution in [-0.4, -0.2) is 22.4 Å². The molecule has 0 atom stereocenters. The summed E-state index contributed by atoms with van der Waals surface area (Å²) in [4.78, 5) is 17.0. The van der Waals surface area contributed by atoms with E-state index in [2.05, 4.69) is 22.4 Å². The number of nitrogens with zero attached hydrogens (tertiary/aromatic N) is 1. The highest BCUT2D eigenvalue weighted by Crippen LogP contribution is 2.45. The van der Waals surface area contributed by atoms with Crippen LogP contribution in [0.3, 0.4) is 0 Å². The average molecular weight is 352 g/mol. The summed E-state index contributed by atoms with van der Waals surface area (Å²) in [5.74, 6) is 2.20. The maximum atomic E-state index is 12.5. The first-order valence-corrected chi connectivity index (χ1v) is 9.90. The van der Waals surface area contributed by atoms with Gasteiger partial charge in [-0.1, -0.05) is 36.4 Å². The van der Waals surface area contributed by atoms with Gasteiger partial charge < -0.3 is 5.32 Å². The number of carbonyl (C=O) groups is 1. The average Bonchev–Trinajstić information content (AvgIpc) is 3.16. The standard InChI is InChI=1S/C19H16N2OS2/c22-18(17-9-8-13-4-1-2-7-16(13)21-17)20-15-6-3-5-14(12-15)19-23-10-11-24-19/h1-9,12,19H,10-11H2,(H,20,22). The number of amides is 1. The van der Waals surface area contributed by atoms with E-state index in [1.54, 1.807) is 6.07 Å². The fourth-order valence-electron chi connectivity index (χ4n) is 2.70. The molecule has 1 aliphatic rings. The molecule has 0 saturated carbocycles. The molecule has 2 heterocycles. The van der Waals surface area contributed by atoms with Gasteiger partial charge in [-0.05, 0) is 29.8 Å². The molecule has 5 heteroatoms. The summed E-state index contributed by atoms with van der Waals surface area (Å²) in [5, 5.41) is 4.00. The molecule has 0 spiro atoms. The zero-order valence-electron chi connectivity index (χ0n) is 12.9. The number of anilines is 1. The van der Waals surface area contributed by atoms with Crippen molar-refractivity contribution in [2.24, 2.45) is 0 Å². The number of thioether (sulfide) groups is 2. The lowest BCUT2D eigenvalue weighted by Crippen LogP contribution is -2.13. The summed E-state index contributed by atoms with van der Waals surface area (Å²) in [5.41, 5.74) is 3.34. The Balaban J connectivity index is 1.55. The Morgan fingerprint density at radius 2 is 1.83 bits per heavy atom. The number of nitrogens with one attached hydrogen (secondary N) is 1. The number of aromatic nitrogens is 1. The Kier molecular flexibility index (Phi) is 4.45. The highest BCUT2D eigenvalue weighted by molar-refractivity contribution is 8.19. The lowest BCUT2D eigenvalue weighted by molar-refractivity contribution is 0.102.